The fourth-order valence-electron chi connectivity index (χ4n) is 2.36. The van der Waals surface area contributed by atoms with Gasteiger partial charge in [0.2, 0.25) is 0 Å². The van der Waals surface area contributed by atoms with Crippen molar-refractivity contribution in [1.82, 2.24) is 0 Å². The number of hydrogen-bond acceptors (Lipinski definition) is 2. The lowest BCUT2D eigenvalue weighted by molar-refractivity contribution is -0.168. The molecule has 1 N–H and O–H groups in total. The normalized spacial score (nSPS) is 32.5. The second-order valence-electron chi connectivity index (χ2n) is 3.93. The highest BCUT2D eigenvalue weighted by Crippen LogP contribution is 2.59. The van der Waals surface area contributed by atoms with Crippen molar-refractivity contribution < 1.29 is 9.90 Å². The van der Waals surface area contributed by atoms with Gasteiger partial charge >= 0.3 is 0 Å². The fourth-order valence-corrected chi connectivity index (χ4v) is 2.36. The lowest BCUT2D eigenvalue weighted by atomic mass is 9.50. The maximum atomic E-state index is 10.3. The Bertz CT molecular complexity index is 162. The lowest BCUT2D eigenvalue weighted by Gasteiger charge is -2.56. The first-order chi connectivity index (χ1) is 4.68. The summed E-state index contributed by atoms with van der Waals surface area (Å²) >= 11 is 0. The summed E-state index contributed by atoms with van der Waals surface area (Å²) in [5, 5.41) is 9.35. The predicted molar refractivity (Wildman–Crippen MR) is 36.5 cm³/mol. The van der Waals surface area contributed by atoms with Gasteiger partial charge in [0, 0.05) is 0 Å². The van der Waals surface area contributed by atoms with Crippen LogP contribution in [0.15, 0.2) is 0 Å². The van der Waals surface area contributed by atoms with Gasteiger partial charge in [0.1, 0.15) is 5.60 Å². The van der Waals surface area contributed by atoms with Crippen LogP contribution in [0.1, 0.15) is 32.1 Å². The predicted octanol–water partition coefficient (Wildman–Crippen LogP) is 0.881. The van der Waals surface area contributed by atoms with Crippen LogP contribution in [-0.2, 0) is 4.79 Å². The molecule has 0 heterocycles. The number of hydrogen-bond donors (Lipinski definition) is 1. The number of rotatable bonds is 1. The van der Waals surface area contributed by atoms with Crippen LogP contribution < -0.4 is 0 Å². The van der Waals surface area contributed by atoms with Crippen LogP contribution in [0.5, 0.6) is 0 Å². The van der Waals surface area contributed by atoms with Crippen LogP contribution in [0.3, 0.4) is 0 Å². The summed E-state index contributed by atoms with van der Waals surface area (Å²) in [5.41, 5.74) is -0.532. The molecule has 1 spiro atoms. The van der Waals surface area contributed by atoms with Gasteiger partial charge in [-0.25, -0.2) is 0 Å². The van der Waals surface area contributed by atoms with E-state index in [4.69, 9.17) is 0 Å². The van der Waals surface area contributed by atoms with Crippen molar-refractivity contribution in [1.29, 1.82) is 0 Å². The van der Waals surface area contributed by atoms with Gasteiger partial charge in [-0.1, -0.05) is 6.42 Å². The molecule has 10 heavy (non-hydrogen) atoms. The molecule has 0 aromatic carbocycles. The Hall–Kier alpha value is -0.370. The third kappa shape index (κ3) is 0.655. The van der Waals surface area contributed by atoms with Crippen LogP contribution in [0.4, 0.5) is 0 Å². The third-order valence-corrected chi connectivity index (χ3v) is 3.00. The summed E-state index contributed by atoms with van der Waals surface area (Å²) in [4.78, 5) is 10.3. The lowest BCUT2D eigenvalue weighted by Crippen LogP contribution is -2.56. The molecule has 0 saturated heterocycles. The van der Waals surface area contributed by atoms with Crippen molar-refractivity contribution >= 4 is 6.29 Å². The van der Waals surface area contributed by atoms with E-state index in [0.29, 0.717) is 11.7 Å². The van der Waals surface area contributed by atoms with Crippen LogP contribution in [0.2, 0.25) is 0 Å². The molecule has 56 valence electrons. The van der Waals surface area contributed by atoms with E-state index in [1.165, 1.54) is 19.3 Å². The molecular formula is C8H12O2. The van der Waals surface area contributed by atoms with Gasteiger partial charge in [-0.2, -0.15) is 0 Å². The van der Waals surface area contributed by atoms with Crippen LogP contribution in [0, 0.1) is 5.41 Å². The summed E-state index contributed by atoms with van der Waals surface area (Å²) in [6, 6.07) is 0. The topological polar surface area (TPSA) is 37.3 Å². The van der Waals surface area contributed by atoms with E-state index in [9.17, 15) is 9.90 Å². The van der Waals surface area contributed by atoms with E-state index in [1.54, 1.807) is 0 Å². The Morgan fingerprint density at radius 1 is 1.30 bits per heavy atom. The second kappa shape index (κ2) is 1.62. The molecule has 2 fully saturated rings. The highest BCUT2D eigenvalue weighted by molar-refractivity contribution is 5.64. The molecule has 0 atom stereocenters. The van der Waals surface area contributed by atoms with Crippen LogP contribution >= 0.6 is 0 Å². The molecule has 0 unspecified atom stereocenters. The van der Waals surface area contributed by atoms with Gasteiger partial charge in [-0.05, 0) is 31.1 Å². The SMILES string of the molecule is O=CC1(O)CC2(CCC2)C1. The summed E-state index contributed by atoms with van der Waals surface area (Å²) in [6.45, 7) is 0. The smallest absolute Gasteiger partial charge is 0.151 e. The summed E-state index contributed by atoms with van der Waals surface area (Å²) in [7, 11) is 0. The van der Waals surface area contributed by atoms with E-state index in [1.807, 2.05) is 0 Å². The Kier molecular flexibility index (Phi) is 1.03. The zero-order chi connectivity index (χ0) is 7.24. The van der Waals surface area contributed by atoms with Gasteiger partial charge in [-0.3, -0.25) is 0 Å². The average molecular weight is 140 g/mol. The molecule has 2 heteroatoms. The quantitative estimate of drug-likeness (QED) is 0.549. The maximum absolute atomic E-state index is 10.3. The first kappa shape index (κ1) is 6.35. The molecule has 2 rings (SSSR count). The van der Waals surface area contributed by atoms with Crippen molar-refractivity contribution in [3.63, 3.8) is 0 Å². The Balaban J connectivity index is 1.98. The van der Waals surface area contributed by atoms with E-state index in [2.05, 4.69) is 0 Å². The molecule has 0 aromatic heterocycles. The molecule has 0 amide bonds. The molecule has 2 aliphatic carbocycles. The first-order valence-electron chi connectivity index (χ1n) is 3.87. The van der Waals surface area contributed by atoms with Crippen molar-refractivity contribution in [2.45, 2.75) is 37.7 Å². The molecule has 0 aliphatic heterocycles. The van der Waals surface area contributed by atoms with Gasteiger partial charge in [0.05, 0.1) is 0 Å². The maximum Gasteiger partial charge on any atom is 0.151 e. The minimum Gasteiger partial charge on any atom is -0.382 e. The average Bonchev–Trinajstić information content (AvgIpc) is 1.77. The molecule has 0 bridgehead atoms. The first-order valence-corrected chi connectivity index (χ1v) is 3.87. The van der Waals surface area contributed by atoms with Crippen molar-refractivity contribution in [2.24, 2.45) is 5.41 Å². The Morgan fingerprint density at radius 2 is 1.90 bits per heavy atom. The number of aliphatic hydroxyl groups is 1. The number of carbonyl (C=O) groups is 1. The summed E-state index contributed by atoms with van der Waals surface area (Å²) in [6.07, 6.45) is 5.89. The zero-order valence-electron chi connectivity index (χ0n) is 5.97. The zero-order valence-corrected chi connectivity index (χ0v) is 5.97. The highest BCUT2D eigenvalue weighted by atomic mass is 16.3. The standard InChI is InChI=1S/C8H12O2/c9-6-8(10)4-7(5-8)2-1-3-7/h6,10H,1-5H2. The molecule has 2 saturated carbocycles. The Labute approximate surface area is 60.2 Å². The molecule has 2 nitrogen and oxygen atoms in total. The number of aldehydes is 1. The minimum atomic E-state index is -0.930. The summed E-state index contributed by atoms with van der Waals surface area (Å²) in [5.74, 6) is 0. The number of carbonyl (C=O) groups excluding carboxylic acids is 1. The largest absolute Gasteiger partial charge is 0.382 e. The second-order valence-corrected chi connectivity index (χ2v) is 3.93. The van der Waals surface area contributed by atoms with Crippen LogP contribution in [0.25, 0.3) is 0 Å². The highest BCUT2D eigenvalue weighted by Gasteiger charge is 2.56. The van der Waals surface area contributed by atoms with Gasteiger partial charge < -0.3 is 9.90 Å². The van der Waals surface area contributed by atoms with Crippen molar-refractivity contribution in [3.8, 4) is 0 Å². The summed E-state index contributed by atoms with van der Waals surface area (Å²) < 4.78 is 0. The van der Waals surface area contributed by atoms with Gasteiger partial charge in [-0.15, -0.1) is 0 Å². The Morgan fingerprint density at radius 3 is 2.20 bits per heavy atom. The van der Waals surface area contributed by atoms with E-state index in [-0.39, 0.29) is 0 Å². The fraction of sp³-hybridized carbons (Fsp3) is 0.875. The van der Waals surface area contributed by atoms with E-state index >= 15 is 0 Å². The van der Waals surface area contributed by atoms with Crippen LogP contribution in [-0.4, -0.2) is 17.0 Å². The molecule has 2 aliphatic rings. The minimum absolute atomic E-state index is 0.398. The molecular weight excluding hydrogens is 128 g/mol. The third-order valence-electron chi connectivity index (χ3n) is 3.00. The van der Waals surface area contributed by atoms with Crippen molar-refractivity contribution in [3.05, 3.63) is 0 Å². The molecule has 0 aromatic rings. The van der Waals surface area contributed by atoms with Gasteiger partial charge in [0.25, 0.3) is 0 Å². The van der Waals surface area contributed by atoms with Crippen molar-refractivity contribution in [2.75, 3.05) is 0 Å². The van der Waals surface area contributed by atoms with Gasteiger partial charge in [0.15, 0.2) is 6.29 Å². The monoisotopic (exact) mass is 140 g/mol. The van der Waals surface area contributed by atoms with E-state index in [0.717, 1.165) is 12.8 Å². The molecule has 0 radical (unpaired) electrons. The van der Waals surface area contributed by atoms with E-state index < -0.39 is 5.60 Å².